The molecule has 0 aliphatic heterocycles. The molecule has 5 nitrogen and oxygen atoms in total. The largest absolute Gasteiger partial charge is 0.341 e. The normalized spacial score (nSPS) is 10.3. The van der Waals surface area contributed by atoms with Crippen molar-refractivity contribution in [3.63, 3.8) is 0 Å². The maximum absolute atomic E-state index is 13.8. The van der Waals surface area contributed by atoms with Gasteiger partial charge in [0.1, 0.15) is 5.82 Å². The van der Waals surface area contributed by atoms with Crippen molar-refractivity contribution in [1.82, 2.24) is 4.90 Å². The molecule has 104 valence electrons. The van der Waals surface area contributed by atoms with Crippen LogP contribution in [0.3, 0.4) is 0 Å². The van der Waals surface area contributed by atoms with E-state index in [2.05, 4.69) is 0 Å². The topological polar surface area (TPSA) is 63.5 Å². The highest BCUT2D eigenvalue weighted by Gasteiger charge is 2.25. The van der Waals surface area contributed by atoms with Gasteiger partial charge in [0, 0.05) is 19.3 Å². The number of hydrogen-bond acceptors (Lipinski definition) is 4. The quantitative estimate of drug-likeness (QED) is 0.616. The van der Waals surface area contributed by atoms with E-state index in [4.69, 9.17) is 0 Å². The molecule has 0 aliphatic carbocycles. The Bertz CT molecular complexity index is 511. The highest BCUT2D eigenvalue weighted by atomic mass is 32.2. The molecule has 1 aromatic rings. The fourth-order valence-corrected chi connectivity index (χ4v) is 1.86. The molecule has 0 saturated carbocycles. The van der Waals surface area contributed by atoms with Gasteiger partial charge in [-0.25, -0.2) is 4.39 Å². The fraction of sp³-hybridized carbons (Fsp3) is 0.364. The van der Waals surface area contributed by atoms with Crippen molar-refractivity contribution in [2.75, 3.05) is 25.6 Å². The summed E-state index contributed by atoms with van der Waals surface area (Å²) in [5, 5.41) is 10.6. The van der Waals surface area contributed by atoms with Gasteiger partial charge < -0.3 is 4.90 Å². The number of nitro benzene ring substituents is 1. The van der Waals surface area contributed by atoms with Gasteiger partial charge >= 0.3 is 5.69 Å². The van der Waals surface area contributed by atoms with Gasteiger partial charge in [-0.15, -0.1) is 0 Å². The van der Waals surface area contributed by atoms with Crippen LogP contribution < -0.4 is 0 Å². The van der Waals surface area contributed by atoms with E-state index in [1.165, 1.54) is 23.7 Å². The molecule has 0 unspecified atom stereocenters. The third-order valence-corrected chi connectivity index (χ3v) is 3.01. The first kappa shape index (κ1) is 15.4. The highest BCUT2D eigenvalue weighted by Crippen LogP contribution is 2.23. The zero-order valence-electron chi connectivity index (χ0n) is 10.4. The van der Waals surface area contributed by atoms with Gasteiger partial charge in [0.25, 0.3) is 5.91 Å². The number of carbonyl (C=O) groups excluding carboxylic acids is 1. The molecule has 0 fully saturated rings. The molecule has 0 bridgehead atoms. The molecule has 0 radical (unpaired) electrons. The number of hydrogen-bond donors (Lipinski definition) is 0. The molecule has 0 N–H and O–H groups in total. The second kappa shape index (κ2) is 6.46. The molecule has 0 spiro atoms. The summed E-state index contributed by atoms with van der Waals surface area (Å²) in [6.45, 7) is 0.337. The molecule has 1 amide bonds. The van der Waals surface area contributed by atoms with Gasteiger partial charge in [0.2, 0.25) is 5.82 Å². The average Bonchev–Trinajstić information content (AvgIpc) is 2.37. The van der Waals surface area contributed by atoms with Crippen LogP contribution in [-0.4, -0.2) is 41.3 Å². The molecule has 19 heavy (non-hydrogen) atoms. The molecule has 0 aliphatic rings. The lowest BCUT2D eigenvalue weighted by Gasteiger charge is -2.16. The molecular weight excluding hydrogens is 278 g/mol. The summed E-state index contributed by atoms with van der Waals surface area (Å²) in [4.78, 5) is 22.6. The van der Waals surface area contributed by atoms with Gasteiger partial charge in [-0.3, -0.25) is 14.9 Å². The predicted molar refractivity (Wildman–Crippen MR) is 68.4 cm³/mol. The van der Waals surface area contributed by atoms with E-state index in [1.54, 1.807) is 0 Å². The minimum Gasteiger partial charge on any atom is -0.341 e. The smallest absolute Gasteiger partial charge is 0.308 e. The van der Waals surface area contributed by atoms with Gasteiger partial charge in [0.15, 0.2) is 0 Å². The predicted octanol–water partition coefficient (Wildman–Crippen LogP) is 2.31. The average molecular weight is 290 g/mol. The van der Waals surface area contributed by atoms with Crippen molar-refractivity contribution in [3.05, 3.63) is 39.4 Å². The van der Waals surface area contributed by atoms with Crippen LogP contribution in [0.1, 0.15) is 10.4 Å². The van der Waals surface area contributed by atoms with Crippen LogP contribution in [0.25, 0.3) is 0 Å². The summed E-state index contributed by atoms with van der Waals surface area (Å²) in [6.07, 6.45) is 1.84. The van der Waals surface area contributed by atoms with Crippen molar-refractivity contribution in [2.24, 2.45) is 0 Å². The van der Waals surface area contributed by atoms with Crippen LogP contribution >= 0.6 is 11.8 Å². The summed E-state index contributed by atoms with van der Waals surface area (Å²) in [6, 6.07) is 1.12. The molecule has 0 heterocycles. The number of nitro groups is 1. The number of amides is 1. The van der Waals surface area contributed by atoms with E-state index in [9.17, 15) is 23.7 Å². The van der Waals surface area contributed by atoms with Crippen molar-refractivity contribution >= 4 is 23.4 Å². The Balaban J connectivity index is 3.13. The molecular formula is C11H12F2N2O3S. The number of carbonyl (C=O) groups is 1. The third kappa shape index (κ3) is 3.63. The highest BCUT2D eigenvalue weighted by molar-refractivity contribution is 7.98. The van der Waals surface area contributed by atoms with Crippen LogP contribution in [0.4, 0.5) is 14.5 Å². The monoisotopic (exact) mass is 290 g/mol. The zero-order valence-corrected chi connectivity index (χ0v) is 11.2. The first-order valence-corrected chi connectivity index (χ1v) is 6.65. The van der Waals surface area contributed by atoms with E-state index in [0.717, 1.165) is 0 Å². The van der Waals surface area contributed by atoms with Crippen LogP contribution in [0.5, 0.6) is 0 Å². The molecule has 1 rings (SSSR count). The second-order valence-corrected chi connectivity index (χ2v) is 4.75. The lowest BCUT2D eigenvalue weighted by molar-refractivity contribution is -0.387. The van der Waals surface area contributed by atoms with Crippen molar-refractivity contribution in [2.45, 2.75) is 0 Å². The number of rotatable bonds is 5. The summed E-state index contributed by atoms with van der Waals surface area (Å²) in [5.41, 5.74) is -1.67. The zero-order chi connectivity index (χ0) is 14.6. The van der Waals surface area contributed by atoms with Crippen LogP contribution in [0.2, 0.25) is 0 Å². The van der Waals surface area contributed by atoms with Gasteiger partial charge in [-0.2, -0.15) is 16.2 Å². The van der Waals surface area contributed by atoms with E-state index < -0.39 is 33.7 Å². The Morgan fingerprint density at radius 2 is 2.11 bits per heavy atom. The number of benzene rings is 1. The number of thioether (sulfide) groups is 1. The summed E-state index contributed by atoms with van der Waals surface area (Å²) < 4.78 is 27.0. The maximum atomic E-state index is 13.8. The summed E-state index contributed by atoms with van der Waals surface area (Å²) in [5.74, 6) is -2.49. The maximum Gasteiger partial charge on any atom is 0.308 e. The first-order valence-electron chi connectivity index (χ1n) is 5.26. The molecule has 0 aromatic heterocycles. The Kier molecular flexibility index (Phi) is 5.22. The number of halogens is 2. The second-order valence-electron chi connectivity index (χ2n) is 3.76. The van der Waals surface area contributed by atoms with Crippen molar-refractivity contribution < 1.29 is 18.5 Å². The summed E-state index contributed by atoms with van der Waals surface area (Å²) in [7, 11) is 1.43. The van der Waals surface area contributed by atoms with E-state index >= 15 is 0 Å². The Labute approximate surface area is 112 Å². The standard InChI is InChI=1S/C11H12F2N2O3S/c1-14(3-4-19-2)11(16)8-5-7(12)6-9(10(8)13)15(17)18/h5-6H,3-4H2,1-2H3. The van der Waals surface area contributed by atoms with E-state index in [0.29, 0.717) is 24.4 Å². The van der Waals surface area contributed by atoms with Crippen molar-refractivity contribution in [3.8, 4) is 0 Å². The summed E-state index contributed by atoms with van der Waals surface area (Å²) >= 11 is 1.49. The Hall–Kier alpha value is -1.70. The van der Waals surface area contributed by atoms with Crippen LogP contribution in [0, 0.1) is 21.7 Å². The van der Waals surface area contributed by atoms with Gasteiger partial charge in [0.05, 0.1) is 16.6 Å². The Morgan fingerprint density at radius 1 is 1.47 bits per heavy atom. The fourth-order valence-electron chi connectivity index (χ4n) is 1.40. The molecule has 0 saturated heterocycles. The number of nitrogens with zero attached hydrogens (tertiary/aromatic N) is 2. The Morgan fingerprint density at radius 3 is 2.63 bits per heavy atom. The van der Waals surface area contributed by atoms with Gasteiger partial charge in [-0.05, 0) is 12.3 Å². The third-order valence-electron chi connectivity index (χ3n) is 2.42. The van der Waals surface area contributed by atoms with Gasteiger partial charge in [-0.1, -0.05) is 0 Å². The molecule has 0 atom stereocenters. The van der Waals surface area contributed by atoms with Crippen molar-refractivity contribution in [1.29, 1.82) is 0 Å². The van der Waals surface area contributed by atoms with E-state index in [-0.39, 0.29) is 0 Å². The van der Waals surface area contributed by atoms with Crippen LogP contribution in [0.15, 0.2) is 12.1 Å². The SMILES string of the molecule is CSCCN(C)C(=O)c1cc(F)cc([N+](=O)[O-])c1F. The molecule has 8 heteroatoms. The van der Waals surface area contributed by atoms with Crippen LogP contribution in [-0.2, 0) is 0 Å². The minimum absolute atomic E-state index is 0.337. The lowest BCUT2D eigenvalue weighted by atomic mass is 10.1. The molecule has 1 aromatic carbocycles. The van der Waals surface area contributed by atoms with E-state index in [1.807, 2.05) is 6.26 Å². The first-order chi connectivity index (χ1) is 8.88. The lowest BCUT2D eigenvalue weighted by Crippen LogP contribution is -2.29. The minimum atomic E-state index is -1.31.